The second-order valence-corrected chi connectivity index (χ2v) is 8.73. The van der Waals surface area contributed by atoms with E-state index in [1.807, 2.05) is 12.1 Å². The van der Waals surface area contributed by atoms with Gasteiger partial charge in [0.25, 0.3) is 11.5 Å². The van der Waals surface area contributed by atoms with Gasteiger partial charge in [-0.15, -0.1) is 11.3 Å². The lowest BCUT2D eigenvalue weighted by Gasteiger charge is -2.44. The van der Waals surface area contributed by atoms with Crippen LogP contribution in [0.5, 0.6) is 0 Å². The standard InChI is InChI=1S/C21H21N5O3S/c22-18-3-1-2-14(24-18)17-10-13-16(30-17)4-9-29-21(13)5-7-26(8-6-21)20(28)15-11-23-12-19(27)25-15/h1-3,10-12H,4-9H2,(H2,22,24)(H,25,27). The van der Waals surface area contributed by atoms with Gasteiger partial charge in [0.1, 0.15) is 11.5 Å². The van der Waals surface area contributed by atoms with E-state index in [4.69, 9.17) is 10.5 Å². The highest BCUT2D eigenvalue weighted by Crippen LogP contribution is 2.46. The lowest BCUT2D eigenvalue weighted by Crippen LogP contribution is -2.48. The number of ether oxygens (including phenoxy) is 1. The van der Waals surface area contributed by atoms with Crippen molar-refractivity contribution in [3.8, 4) is 10.6 Å². The Morgan fingerprint density at radius 1 is 1.27 bits per heavy atom. The van der Waals surface area contributed by atoms with E-state index in [1.165, 1.54) is 16.6 Å². The molecular weight excluding hydrogens is 402 g/mol. The number of nitrogens with zero attached hydrogens (tertiary/aromatic N) is 3. The zero-order chi connectivity index (χ0) is 20.7. The molecule has 9 heteroatoms. The molecule has 0 radical (unpaired) electrons. The van der Waals surface area contributed by atoms with E-state index >= 15 is 0 Å². The Morgan fingerprint density at radius 2 is 2.10 bits per heavy atom. The lowest BCUT2D eigenvalue weighted by atomic mass is 9.82. The third-order valence-electron chi connectivity index (χ3n) is 5.77. The summed E-state index contributed by atoms with van der Waals surface area (Å²) in [6.07, 6.45) is 4.84. The van der Waals surface area contributed by atoms with E-state index in [9.17, 15) is 9.59 Å². The zero-order valence-corrected chi connectivity index (χ0v) is 17.1. The van der Waals surface area contributed by atoms with Gasteiger partial charge in [0.15, 0.2) is 0 Å². The first-order valence-corrected chi connectivity index (χ1v) is 10.7. The summed E-state index contributed by atoms with van der Waals surface area (Å²) in [6, 6.07) is 7.84. The number of carbonyl (C=O) groups is 1. The minimum atomic E-state index is -0.387. The van der Waals surface area contributed by atoms with Gasteiger partial charge in [0, 0.05) is 24.4 Å². The number of pyridine rings is 1. The third-order valence-corrected chi connectivity index (χ3v) is 6.99. The normalized spacial score (nSPS) is 17.7. The zero-order valence-electron chi connectivity index (χ0n) is 16.3. The molecule has 2 aliphatic rings. The van der Waals surface area contributed by atoms with Crippen molar-refractivity contribution in [1.82, 2.24) is 19.9 Å². The molecule has 1 amide bonds. The molecule has 0 aromatic carbocycles. The van der Waals surface area contributed by atoms with Gasteiger partial charge in [0.05, 0.1) is 35.2 Å². The van der Waals surface area contributed by atoms with E-state index in [-0.39, 0.29) is 22.8 Å². The Bertz CT molecular complexity index is 1160. The predicted octanol–water partition coefficient (Wildman–Crippen LogP) is 2.18. The monoisotopic (exact) mass is 423 g/mol. The van der Waals surface area contributed by atoms with Crippen LogP contribution in [0.4, 0.5) is 5.82 Å². The summed E-state index contributed by atoms with van der Waals surface area (Å²) in [4.78, 5) is 39.2. The van der Waals surface area contributed by atoms with Crippen LogP contribution in [-0.2, 0) is 16.8 Å². The first kappa shape index (κ1) is 19.0. The lowest BCUT2D eigenvalue weighted by molar-refractivity contribution is -0.0926. The highest BCUT2D eigenvalue weighted by Gasteiger charge is 2.43. The summed E-state index contributed by atoms with van der Waals surface area (Å²) < 4.78 is 6.31. The quantitative estimate of drug-likeness (QED) is 0.653. The Labute approximate surface area is 176 Å². The molecule has 0 bridgehead atoms. The van der Waals surface area contributed by atoms with Gasteiger partial charge >= 0.3 is 0 Å². The van der Waals surface area contributed by atoms with Gasteiger partial charge in [-0.1, -0.05) is 6.07 Å². The van der Waals surface area contributed by atoms with E-state index in [0.29, 0.717) is 38.4 Å². The minimum Gasteiger partial charge on any atom is -0.384 e. The van der Waals surface area contributed by atoms with Crippen LogP contribution < -0.4 is 11.3 Å². The summed E-state index contributed by atoms with van der Waals surface area (Å²) in [5.41, 5.74) is 7.39. The van der Waals surface area contributed by atoms with Crippen molar-refractivity contribution in [2.75, 3.05) is 25.4 Å². The van der Waals surface area contributed by atoms with Crippen LogP contribution in [0.15, 0.2) is 41.5 Å². The Balaban J connectivity index is 1.39. The maximum Gasteiger partial charge on any atom is 0.271 e. The Kier molecular flexibility index (Phi) is 4.63. The summed E-state index contributed by atoms with van der Waals surface area (Å²) in [5.74, 6) is 0.297. The van der Waals surface area contributed by atoms with Crippen LogP contribution in [0.2, 0.25) is 0 Å². The second-order valence-electron chi connectivity index (χ2n) is 7.59. The van der Waals surface area contributed by atoms with Gasteiger partial charge < -0.3 is 20.4 Å². The summed E-state index contributed by atoms with van der Waals surface area (Å²) >= 11 is 1.74. The van der Waals surface area contributed by atoms with Crippen molar-refractivity contribution in [2.24, 2.45) is 0 Å². The number of rotatable bonds is 2. The number of aromatic nitrogens is 3. The number of anilines is 1. The van der Waals surface area contributed by atoms with Crippen molar-refractivity contribution in [2.45, 2.75) is 24.9 Å². The van der Waals surface area contributed by atoms with Gasteiger partial charge in [-0.25, -0.2) is 4.98 Å². The SMILES string of the molecule is Nc1cccc(-c2cc3c(s2)CCOC32CCN(C(=O)c3cncc(=O)[nH]3)CC2)n1. The van der Waals surface area contributed by atoms with Gasteiger partial charge in [-0.2, -0.15) is 0 Å². The summed E-state index contributed by atoms with van der Waals surface area (Å²) in [6.45, 7) is 1.77. The van der Waals surface area contributed by atoms with Crippen molar-refractivity contribution < 1.29 is 9.53 Å². The molecular formula is C21H21N5O3S. The molecule has 0 atom stereocenters. The van der Waals surface area contributed by atoms with Crippen LogP contribution in [0.25, 0.3) is 10.6 Å². The second kappa shape index (κ2) is 7.33. The number of nitrogens with two attached hydrogens (primary N) is 1. The molecule has 2 aliphatic heterocycles. The van der Waals surface area contributed by atoms with E-state index in [0.717, 1.165) is 23.2 Å². The van der Waals surface area contributed by atoms with E-state index in [2.05, 4.69) is 21.0 Å². The molecule has 154 valence electrons. The smallest absolute Gasteiger partial charge is 0.271 e. The number of amides is 1. The first-order chi connectivity index (χ1) is 14.5. The van der Waals surface area contributed by atoms with E-state index < -0.39 is 0 Å². The maximum absolute atomic E-state index is 12.7. The summed E-state index contributed by atoms with van der Waals surface area (Å²) in [7, 11) is 0. The average molecular weight is 423 g/mol. The predicted molar refractivity (Wildman–Crippen MR) is 113 cm³/mol. The Hall–Kier alpha value is -3.04. The molecule has 3 N–H and O–H groups in total. The average Bonchev–Trinajstić information content (AvgIpc) is 3.20. The number of thiophene rings is 1. The first-order valence-electron chi connectivity index (χ1n) is 9.88. The number of hydrogen-bond donors (Lipinski definition) is 2. The van der Waals surface area contributed by atoms with Crippen LogP contribution in [0.1, 0.15) is 33.8 Å². The molecule has 0 unspecified atom stereocenters. The van der Waals surface area contributed by atoms with Crippen LogP contribution in [0.3, 0.4) is 0 Å². The third kappa shape index (κ3) is 3.29. The molecule has 3 aromatic heterocycles. The Morgan fingerprint density at radius 3 is 2.87 bits per heavy atom. The van der Waals surface area contributed by atoms with Gasteiger partial charge in [-0.05, 0) is 36.6 Å². The van der Waals surface area contributed by atoms with Gasteiger partial charge in [0.2, 0.25) is 0 Å². The number of aromatic amines is 1. The van der Waals surface area contributed by atoms with Crippen LogP contribution in [-0.4, -0.2) is 45.5 Å². The molecule has 5 rings (SSSR count). The maximum atomic E-state index is 12.7. The van der Waals surface area contributed by atoms with Crippen LogP contribution >= 0.6 is 11.3 Å². The topological polar surface area (TPSA) is 114 Å². The van der Waals surface area contributed by atoms with Crippen molar-refractivity contribution in [3.05, 3.63) is 63.1 Å². The molecule has 30 heavy (non-hydrogen) atoms. The summed E-state index contributed by atoms with van der Waals surface area (Å²) in [5, 5.41) is 0. The number of hydrogen-bond acceptors (Lipinski definition) is 7. The van der Waals surface area contributed by atoms with Crippen molar-refractivity contribution in [1.29, 1.82) is 0 Å². The number of nitrogens with one attached hydrogen (secondary N) is 1. The number of piperidine rings is 1. The molecule has 3 aromatic rings. The van der Waals surface area contributed by atoms with E-state index in [1.54, 1.807) is 22.3 Å². The molecule has 0 saturated carbocycles. The van der Waals surface area contributed by atoms with Crippen molar-refractivity contribution in [3.63, 3.8) is 0 Å². The molecule has 5 heterocycles. The molecule has 1 fully saturated rings. The number of fused-ring (bicyclic) bond motifs is 2. The fourth-order valence-corrected chi connectivity index (χ4v) is 5.47. The number of carbonyl (C=O) groups excluding carboxylic acids is 1. The van der Waals surface area contributed by atoms with Gasteiger partial charge in [-0.3, -0.25) is 14.6 Å². The highest BCUT2D eigenvalue weighted by atomic mass is 32.1. The highest BCUT2D eigenvalue weighted by molar-refractivity contribution is 7.15. The molecule has 8 nitrogen and oxygen atoms in total. The number of nitrogen functional groups attached to an aromatic ring is 1. The fourth-order valence-electron chi connectivity index (χ4n) is 4.27. The minimum absolute atomic E-state index is 0.207. The molecule has 0 aliphatic carbocycles. The largest absolute Gasteiger partial charge is 0.384 e. The molecule has 1 saturated heterocycles. The number of likely N-dealkylation sites (tertiary alicyclic amines) is 1. The van der Waals surface area contributed by atoms with Crippen molar-refractivity contribution >= 4 is 23.1 Å². The fraction of sp³-hybridized carbons (Fsp3) is 0.333. The van der Waals surface area contributed by atoms with Crippen LogP contribution in [0, 0.1) is 0 Å². The number of H-pyrrole nitrogens is 1. The molecule has 1 spiro atoms.